The molecule has 0 fully saturated rings. The Morgan fingerprint density at radius 2 is 1.89 bits per heavy atom. The summed E-state index contributed by atoms with van der Waals surface area (Å²) < 4.78 is 0. The van der Waals surface area contributed by atoms with Crippen molar-refractivity contribution in [1.29, 1.82) is 0 Å². The van der Waals surface area contributed by atoms with Gasteiger partial charge in [-0.3, -0.25) is 0 Å². The molecule has 0 atom stereocenters. The zero-order valence-electron chi connectivity index (χ0n) is 10.6. The molecule has 94 valence electrons. The molecule has 0 aliphatic rings. The Hall–Kier alpha value is -1.61. The van der Waals surface area contributed by atoms with Crippen molar-refractivity contribution in [2.45, 2.75) is 26.7 Å². The normalized spacial score (nSPS) is 10.6. The van der Waals surface area contributed by atoms with Gasteiger partial charge in [0.1, 0.15) is 5.82 Å². The Balaban J connectivity index is 2.08. The molecular formula is C14H16ClN3. The second kappa shape index (κ2) is 5.36. The van der Waals surface area contributed by atoms with Crippen LogP contribution in [0, 0.1) is 13.8 Å². The summed E-state index contributed by atoms with van der Waals surface area (Å²) in [7, 11) is 0. The maximum Gasteiger partial charge on any atom is 0.125 e. The number of anilines is 1. The average molecular weight is 262 g/mol. The molecule has 2 rings (SSSR count). The predicted octanol–water partition coefficient (Wildman–Crippen LogP) is 3.11. The smallest absolute Gasteiger partial charge is 0.125 e. The summed E-state index contributed by atoms with van der Waals surface area (Å²) in [6, 6.07) is 7.78. The third kappa shape index (κ3) is 3.20. The fourth-order valence-corrected chi connectivity index (χ4v) is 2.06. The van der Waals surface area contributed by atoms with Gasteiger partial charge in [0.2, 0.25) is 0 Å². The number of nitrogens with zero attached hydrogens (tertiary/aromatic N) is 2. The highest BCUT2D eigenvalue weighted by molar-refractivity contribution is 6.33. The number of aryl methyl sites for hydroxylation is 4. The van der Waals surface area contributed by atoms with E-state index in [1.165, 1.54) is 5.56 Å². The third-order valence-electron chi connectivity index (χ3n) is 2.75. The molecule has 3 nitrogen and oxygen atoms in total. The molecule has 4 heteroatoms. The van der Waals surface area contributed by atoms with E-state index in [9.17, 15) is 0 Å². The van der Waals surface area contributed by atoms with Crippen LogP contribution >= 0.6 is 11.6 Å². The molecule has 1 aromatic heterocycles. The first-order valence-corrected chi connectivity index (χ1v) is 6.27. The minimum absolute atomic E-state index is 0.604. The van der Waals surface area contributed by atoms with Crippen LogP contribution in [0.1, 0.15) is 22.8 Å². The quantitative estimate of drug-likeness (QED) is 0.864. The van der Waals surface area contributed by atoms with Crippen molar-refractivity contribution in [1.82, 2.24) is 9.97 Å². The Bertz CT molecular complexity index is 547. The summed E-state index contributed by atoms with van der Waals surface area (Å²) >= 11 is 5.89. The molecule has 0 spiro atoms. The molecule has 0 aliphatic heterocycles. The summed E-state index contributed by atoms with van der Waals surface area (Å²) in [5, 5.41) is 0.604. The van der Waals surface area contributed by atoms with Gasteiger partial charge in [0.05, 0.1) is 10.7 Å². The van der Waals surface area contributed by atoms with E-state index in [1.54, 1.807) is 0 Å². The molecule has 0 aliphatic carbocycles. The molecule has 2 N–H and O–H groups in total. The van der Waals surface area contributed by atoms with Crippen LogP contribution in [0.15, 0.2) is 24.3 Å². The van der Waals surface area contributed by atoms with Crippen LogP contribution in [0.4, 0.5) is 5.69 Å². The minimum atomic E-state index is 0.604. The van der Waals surface area contributed by atoms with Crippen LogP contribution in [-0.2, 0) is 12.8 Å². The largest absolute Gasteiger partial charge is 0.398 e. The Kier molecular flexibility index (Phi) is 3.82. The fourth-order valence-electron chi connectivity index (χ4n) is 1.94. The number of nitrogens with two attached hydrogens (primary N) is 1. The summed E-state index contributed by atoms with van der Waals surface area (Å²) in [5.41, 5.74) is 9.65. The second-order valence-electron chi connectivity index (χ2n) is 4.40. The molecule has 1 aromatic carbocycles. The number of rotatable bonds is 3. The molecule has 18 heavy (non-hydrogen) atoms. The number of nitrogen functional groups attached to an aromatic ring is 1. The van der Waals surface area contributed by atoms with Gasteiger partial charge in [-0.05, 0) is 50.5 Å². The first kappa shape index (κ1) is 12.8. The van der Waals surface area contributed by atoms with E-state index >= 15 is 0 Å². The number of benzene rings is 1. The van der Waals surface area contributed by atoms with E-state index in [4.69, 9.17) is 17.3 Å². The van der Waals surface area contributed by atoms with Crippen molar-refractivity contribution in [3.63, 3.8) is 0 Å². The number of hydrogen-bond donors (Lipinski definition) is 1. The lowest BCUT2D eigenvalue weighted by Gasteiger charge is -2.05. The minimum Gasteiger partial charge on any atom is -0.398 e. The first-order chi connectivity index (χ1) is 8.54. The Labute approximate surface area is 112 Å². The van der Waals surface area contributed by atoms with Crippen LogP contribution in [-0.4, -0.2) is 9.97 Å². The van der Waals surface area contributed by atoms with Crippen LogP contribution in [0.5, 0.6) is 0 Å². The molecule has 1 heterocycles. The average Bonchev–Trinajstić information content (AvgIpc) is 2.29. The van der Waals surface area contributed by atoms with E-state index in [-0.39, 0.29) is 0 Å². The monoisotopic (exact) mass is 261 g/mol. The van der Waals surface area contributed by atoms with Crippen molar-refractivity contribution >= 4 is 17.3 Å². The number of aromatic nitrogens is 2. The van der Waals surface area contributed by atoms with Crippen molar-refractivity contribution in [2.75, 3.05) is 5.73 Å². The maximum atomic E-state index is 5.89. The lowest BCUT2D eigenvalue weighted by Crippen LogP contribution is -2.00. The zero-order chi connectivity index (χ0) is 13.1. The first-order valence-electron chi connectivity index (χ1n) is 5.89. The van der Waals surface area contributed by atoms with E-state index in [1.807, 2.05) is 38.1 Å². The summed E-state index contributed by atoms with van der Waals surface area (Å²) in [4.78, 5) is 8.69. The fraction of sp³-hybridized carbons (Fsp3) is 0.286. The highest BCUT2D eigenvalue weighted by Crippen LogP contribution is 2.20. The zero-order valence-corrected chi connectivity index (χ0v) is 11.3. The predicted molar refractivity (Wildman–Crippen MR) is 74.8 cm³/mol. The molecule has 0 unspecified atom stereocenters. The van der Waals surface area contributed by atoms with Crippen molar-refractivity contribution < 1.29 is 0 Å². The van der Waals surface area contributed by atoms with Gasteiger partial charge in [-0.1, -0.05) is 17.7 Å². The molecule has 0 saturated heterocycles. The van der Waals surface area contributed by atoms with E-state index in [2.05, 4.69) is 9.97 Å². The van der Waals surface area contributed by atoms with Gasteiger partial charge < -0.3 is 5.73 Å². The lowest BCUT2D eigenvalue weighted by atomic mass is 10.1. The van der Waals surface area contributed by atoms with Gasteiger partial charge in [0.15, 0.2) is 0 Å². The summed E-state index contributed by atoms with van der Waals surface area (Å²) in [6.07, 6.45) is 1.78. The number of halogens is 1. The van der Waals surface area contributed by atoms with Crippen LogP contribution in [0.25, 0.3) is 0 Å². The summed E-state index contributed by atoms with van der Waals surface area (Å²) in [6.45, 7) is 3.90. The van der Waals surface area contributed by atoms with Gasteiger partial charge in [-0.25, -0.2) is 9.97 Å². The highest BCUT2D eigenvalue weighted by atomic mass is 35.5. The molecule has 0 amide bonds. The van der Waals surface area contributed by atoms with E-state index < -0.39 is 0 Å². The maximum absolute atomic E-state index is 5.89. The topological polar surface area (TPSA) is 51.8 Å². The van der Waals surface area contributed by atoms with Crippen LogP contribution < -0.4 is 5.73 Å². The van der Waals surface area contributed by atoms with E-state index in [0.29, 0.717) is 10.7 Å². The molecule has 0 bridgehead atoms. The molecule has 0 radical (unpaired) electrons. The van der Waals surface area contributed by atoms with Crippen LogP contribution in [0.2, 0.25) is 5.02 Å². The van der Waals surface area contributed by atoms with Gasteiger partial charge in [0.25, 0.3) is 0 Å². The lowest BCUT2D eigenvalue weighted by molar-refractivity contribution is 0.869. The van der Waals surface area contributed by atoms with Gasteiger partial charge >= 0.3 is 0 Å². The molecule has 2 aromatic rings. The Morgan fingerprint density at radius 1 is 1.11 bits per heavy atom. The Morgan fingerprint density at radius 3 is 2.56 bits per heavy atom. The van der Waals surface area contributed by atoms with Gasteiger partial charge in [0, 0.05) is 11.4 Å². The third-order valence-corrected chi connectivity index (χ3v) is 3.09. The standard InChI is InChI=1S/C14H16ClN3/c1-9-7-12(18-10(2)17-9)5-3-11-4-6-13(15)14(16)8-11/h4,6-8H,3,5,16H2,1-2H3. The van der Waals surface area contributed by atoms with Gasteiger partial charge in [-0.2, -0.15) is 0 Å². The summed E-state index contributed by atoms with van der Waals surface area (Å²) in [5.74, 6) is 0.820. The highest BCUT2D eigenvalue weighted by Gasteiger charge is 2.02. The number of hydrogen-bond acceptors (Lipinski definition) is 3. The molecular weight excluding hydrogens is 246 g/mol. The van der Waals surface area contributed by atoms with Crippen molar-refractivity contribution in [3.05, 3.63) is 52.1 Å². The van der Waals surface area contributed by atoms with Crippen molar-refractivity contribution in [2.24, 2.45) is 0 Å². The van der Waals surface area contributed by atoms with Gasteiger partial charge in [-0.15, -0.1) is 0 Å². The second-order valence-corrected chi connectivity index (χ2v) is 4.81. The van der Waals surface area contributed by atoms with Crippen LogP contribution in [0.3, 0.4) is 0 Å². The SMILES string of the molecule is Cc1cc(CCc2ccc(Cl)c(N)c2)nc(C)n1. The van der Waals surface area contributed by atoms with E-state index in [0.717, 1.165) is 30.1 Å². The molecule has 0 saturated carbocycles. The van der Waals surface area contributed by atoms with Crippen molar-refractivity contribution in [3.8, 4) is 0 Å².